The maximum absolute atomic E-state index is 12.2. The molecule has 4 N–H and O–H groups in total. The molecule has 0 spiro atoms. The first-order chi connectivity index (χ1) is 8.92. The van der Waals surface area contributed by atoms with Gasteiger partial charge in [0.15, 0.2) is 0 Å². The normalized spacial score (nSPS) is 17.1. The van der Waals surface area contributed by atoms with Gasteiger partial charge in [-0.05, 0) is 31.0 Å². The molecule has 19 heavy (non-hydrogen) atoms. The Morgan fingerprint density at radius 3 is 2.47 bits per heavy atom. The molecule has 0 aliphatic heterocycles. The first-order valence-corrected chi connectivity index (χ1v) is 6.37. The number of carbonyl (C=O) groups is 2. The molecule has 0 aromatic heterocycles. The fourth-order valence-corrected chi connectivity index (χ4v) is 2.47. The van der Waals surface area contributed by atoms with E-state index in [9.17, 15) is 9.59 Å². The molecule has 1 aromatic carbocycles. The molecular formula is C14H18N2O3. The largest absolute Gasteiger partial charge is 0.478 e. The summed E-state index contributed by atoms with van der Waals surface area (Å²) < 4.78 is 0. The van der Waals surface area contributed by atoms with Gasteiger partial charge in [-0.15, -0.1) is 0 Å². The van der Waals surface area contributed by atoms with E-state index in [1.165, 1.54) is 18.2 Å². The third-order valence-corrected chi connectivity index (χ3v) is 3.80. The van der Waals surface area contributed by atoms with E-state index in [1.807, 2.05) is 6.92 Å². The minimum Gasteiger partial charge on any atom is -0.478 e. The fraction of sp³-hybridized carbons (Fsp3) is 0.429. The first kappa shape index (κ1) is 13.4. The second-order valence-corrected chi connectivity index (χ2v) is 5.33. The monoisotopic (exact) mass is 262 g/mol. The van der Waals surface area contributed by atoms with Gasteiger partial charge in [-0.25, -0.2) is 4.79 Å². The van der Waals surface area contributed by atoms with Crippen LogP contribution in [-0.4, -0.2) is 17.0 Å². The van der Waals surface area contributed by atoms with Crippen LogP contribution in [-0.2, 0) is 4.79 Å². The summed E-state index contributed by atoms with van der Waals surface area (Å²) in [6.45, 7) is 1.96. The summed E-state index contributed by atoms with van der Waals surface area (Å²) in [5.74, 6) is -1.08. The van der Waals surface area contributed by atoms with Crippen LogP contribution in [0.2, 0.25) is 0 Å². The zero-order valence-electron chi connectivity index (χ0n) is 10.9. The highest BCUT2D eigenvalue weighted by molar-refractivity contribution is 5.99. The van der Waals surface area contributed by atoms with E-state index in [0.717, 1.165) is 25.7 Å². The van der Waals surface area contributed by atoms with Gasteiger partial charge in [0.25, 0.3) is 0 Å². The van der Waals surface area contributed by atoms with Crippen LogP contribution in [0.3, 0.4) is 0 Å². The van der Waals surface area contributed by atoms with Crippen LogP contribution in [0.1, 0.15) is 43.0 Å². The molecule has 1 aliphatic rings. The number of aromatic carboxylic acids is 1. The number of rotatable bonds is 3. The lowest BCUT2D eigenvalue weighted by molar-refractivity contribution is -0.124. The number of hydrogen-bond acceptors (Lipinski definition) is 3. The van der Waals surface area contributed by atoms with Crippen LogP contribution >= 0.6 is 0 Å². The van der Waals surface area contributed by atoms with Gasteiger partial charge in [0.2, 0.25) is 5.91 Å². The summed E-state index contributed by atoms with van der Waals surface area (Å²) in [6.07, 6.45) is 3.90. The highest BCUT2D eigenvalue weighted by Gasteiger charge is 2.36. The van der Waals surface area contributed by atoms with E-state index in [4.69, 9.17) is 10.8 Å². The lowest BCUT2D eigenvalue weighted by Gasteiger charge is -2.22. The third kappa shape index (κ3) is 2.70. The molecule has 1 aliphatic carbocycles. The lowest BCUT2D eigenvalue weighted by Crippen LogP contribution is -2.31. The van der Waals surface area contributed by atoms with E-state index in [1.54, 1.807) is 0 Å². The topological polar surface area (TPSA) is 92.4 Å². The molecule has 0 radical (unpaired) electrons. The predicted molar refractivity (Wildman–Crippen MR) is 73.0 cm³/mol. The average molecular weight is 262 g/mol. The summed E-state index contributed by atoms with van der Waals surface area (Å²) in [5.41, 5.74) is 6.30. The number of carbonyl (C=O) groups excluding carboxylic acids is 1. The molecule has 102 valence electrons. The molecule has 5 nitrogen and oxygen atoms in total. The Labute approximate surface area is 111 Å². The zero-order valence-corrected chi connectivity index (χ0v) is 10.9. The van der Waals surface area contributed by atoms with Crippen molar-refractivity contribution in [3.8, 4) is 0 Å². The Morgan fingerprint density at radius 1 is 1.32 bits per heavy atom. The van der Waals surface area contributed by atoms with Crippen molar-refractivity contribution in [1.29, 1.82) is 0 Å². The van der Waals surface area contributed by atoms with Gasteiger partial charge in [0.05, 0.1) is 16.9 Å². The zero-order chi connectivity index (χ0) is 14.0. The first-order valence-electron chi connectivity index (χ1n) is 6.37. The van der Waals surface area contributed by atoms with Crippen molar-refractivity contribution >= 4 is 23.3 Å². The fourth-order valence-electron chi connectivity index (χ4n) is 2.47. The Hall–Kier alpha value is -2.04. The molecule has 5 heteroatoms. The van der Waals surface area contributed by atoms with Gasteiger partial charge in [-0.1, -0.05) is 19.8 Å². The van der Waals surface area contributed by atoms with Crippen LogP contribution in [0.25, 0.3) is 0 Å². The molecule has 1 fully saturated rings. The number of nitrogens with one attached hydrogen (secondary N) is 1. The Bertz CT molecular complexity index is 519. The van der Waals surface area contributed by atoms with Crippen LogP contribution in [0, 0.1) is 5.41 Å². The summed E-state index contributed by atoms with van der Waals surface area (Å²) in [5, 5.41) is 11.7. The van der Waals surface area contributed by atoms with Crippen LogP contribution in [0.4, 0.5) is 11.4 Å². The van der Waals surface area contributed by atoms with E-state index in [2.05, 4.69) is 5.32 Å². The minimum absolute atomic E-state index is 0.0419. The highest BCUT2D eigenvalue weighted by atomic mass is 16.4. The molecular weight excluding hydrogens is 244 g/mol. The molecule has 2 rings (SSSR count). The van der Waals surface area contributed by atoms with E-state index in [-0.39, 0.29) is 22.6 Å². The minimum atomic E-state index is -1.03. The van der Waals surface area contributed by atoms with Gasteiger partial charge in [-0.2, -0.15) is 0 Å². The lowest BCUT2D eigenvalue weighted by atomic mass is 9.88. The number of carboxylic acid groups (broad SMARTS) is 1. The standard InChI is InChI=1S/C14H18N2O3/c1-14(6-2-3-7-14)13(19)16-11-5-4-9(12(17)18)8-10(11)15/h4-5,8H,2-3,6-7,15H2,1H3,(H,16,19)(H,17,18). The number of hydrogen-bond donors (Lipinski definition) is 3. The highest BCUT2D eigenvalue weighted by Crippen LogP contribution is 2.38. The van der Waals surface area contributed by atoms with E-state index in [0.29, 0.717) is 5.69 Å². The number of carboxylic acids is 1. The molecule has 0 bridgehead atoms. The number of amides is 1. The number of nitrogen functional groups attached to an aromatic ring is 1. The van der Waals surface area contributed by atoms with Crippen molar-refractivity contribution in [2.45, 2.75) is 32.6 Å². The van der Waals surface area contributed by atoms with Crippen molar-refractivity contribution in [2.24, 2.45) is 5.41 Å². The van der Waals surface area contributed by atoms with Gasteiger partial charge < -0.3 is 16.2 Å². The van der Waals surface area contributed by atoms with Crippen molar-refractivity contribution in [1.82, 2.24) is 0 Å². The predicted octanol–water partition coefficient (Wildman–Crippen LogP) is 2.49. The molecule has 1 amide bonds. The Balaban J connectivity index is 2.15. The van der Waals surface area contributed by atoms with Gasteiger partial charge in [0.1, 0.15) is 0 Å². The second-order valence-electron chi connectivity index (χ2n) is 5.33. The van der Waals surface area contributed by atoms with E-state index < -0.39 is 5.97 Å². The number of benzene rings is 1. The summed E-state index contributed by atoms with van der Waals surface area (Å²) in [4.78, 5) is 23.0. The molecule has 0 saturated heterocycles. The van der Waals surface area contributed by atoms with Crippen molar-refractivity contribution < 1.29 is 14.7 Å². The molecule has 0 unspecified atom stereocenters. The van der Waals surface area contributed by atoms with Crippen molar-refractivity contribution in [3.63, 3.8) is 0 Å². The van der Waals surface area contributed by atoms with Gasteiger partial charge >= 0.3 is 5.97 Å². The van der Waals surface area contributed by atoms with Crippen LogP contribution < -0.4 is 11.1 Å². The summed E-state index contributed by atoms with van der Waals surface area (Å²) in [7, 11) is 0. The number of anilines is 2. The van der Waals surface area contributed by atoms with Gasteiger partial charge in [0, 0.05) is 5.41 Å². The molecule has 0 heterocycles. The van der Waals surface area contributed by atoms with Crippen LogP contribution in [0.5, 0.6) is 0 Å². The Morgan fingerprint density at radius 2 is 1.95 bits per heavy atom. The summed E-state index contributed by atoms with van der Waals surface area (Å²) in [6, 6.07) is 4.33. The average Bonchev–Trinajstić information content (AvgIpc) is 2.80. The smallest absolute Gasteiger partial charge is 0.335 e. The van der Waals surface area contributed by atoms with Gasteiger partial charge in [-0.3, -0.25) is 4.79 Å². The Kier molecular flexibility index (Phi) is 3.46. The maximum Gasteiger partial charge on any atom is 0.335 e. The van der Waals surface area contributed by atoms with E-state index >= 15 is 0 Å². The molecule has 0 atom stereocenters. The van der Waals surface area contributed by atoms with Crippen molar-refractivity contribution in [3.05, 3.63) is 23.8 Å². The molecule has 1 saturated carbocycles. The number of nitrogens with two attached hydrogens (primary N) is 1. The SMILES string of the molecule is CC1(C(=O)Nc2ccc(C(=O)O)cc2N)CCCC1. The quantitative estimate of drug-likeness (QED) is 0.730. The van der Waals surface area contributed by atoms with Crippen molar-refractivity contribution in [2.75, 3.05) is 11.1 Å². The maximum atomic E-state index is 12.2. The summed E-state index contributed by atoms with van der Waals surface area (Å²) >= 11 is 0. The third-order valence-electron chi connectivity index (χ3n) is 3.80. The second kappa shape index (κ2) is 4.91. The van der Waals surface area contributed by atoms with Crippen LogP contribution in [0.15, 0.2) is 18.2 Å². The molecule has 1 aromatic rings.